The van der Waals surface area contributed by atoms with E-state index in [9.17, 15) is 14.0 Å². The lowest BCUT2D eigenvalue weighted by Gasteiger charge is -2.34. The first-order valence-corrected chi connectivity index (χ1v) is 9.19. The highest BCUT2D eigenvalue weighted by atomic mass is 19.1. The van der Waals surface area contributed by atoms with E-state index >= 15 is 0 Å². The van der Waals surface area contributed by atoms with E-state index in [1.54, 1.807) is 6.07 Å². The Morgan fingerprint density at radius 2 is 2.16 bits per heavy atom. The third-order valence-electron chi connectivity index (χ3n) is 4.96. The average molecular weight is 347 g/mol. The van der Waals surface area contributed by atoms with Crippen LogP contribution in [0.2, 0.25) is 0 Å². The minimum Gasteiger partial charge on any atom is -0.380 e. The normalized spacial score (nSPS) is 20.8. The van der Waals surface area contributed by atoms with Crippen molar-refractivity contribution in [3.8, 4) is 0 Å². The van der Waals surface area contributed by atoms with Crippen molar-refractivity contribution in [1.82, 2.24) is 9.80 Å². The van der Waals surface area contributed by atoms with E-state index in [4.69, 9.17) is 0 Å². The molecule has 0 bridgehead atoms. The van der Waals surface area contributed by atoms with Gasteiger partial charge in [0.25, 0.3) is 0 Å². The topological polar surface area (TPSA) is 52.7 Å². The van der Waals surface area contributed by atoms with Gasteiger partial charge in [-0.15, -0.1) is 0 Å². The Morgan fingerprint density at radius 1 is 1.28 bits per heavy atom. The summed E-state index contributed by atoms with van der Waals surface area (Å²) in [6.07, 6.45) is 4.71. The smallest absolute Gasteiger partial charge is 0.222 e. The van der Waals surface area contributed by atoms with Gasteiger partial charge in [-0.1, -0.05) is 6.07 Å². The maximum absolute atomic E-state index is 13.3. The fourth-order valence-corrected chi connectivity index (χ4v) is 3.66. The van der Waals surface area contributed by atoms with Crippen LogP contribution in [0.25, 0.3) is 0 Å². The number of carbonyl (C=O) groups excluding carboxylic acids is 2. The number of hydrogen-bond acceptors (Lipinski definition) is 3. The predicted molar refractivity (Wildman–Crippen MR) is 94.7 cm³/mol. The Bertz CT molecular complexity index is 622. The van der Waals surface area contributed by atoms with Crippen molar-refractivity contribution in [3.05, 3.63) is 30.1 Å². The monoisotopic (exact) mass is 347 g/mol. The van der Waals surface area contributed by atoms with E-state index in [1.807, 2.05) is 15.9 Å². The molecule has 136 valence electrons. The lowest BCUT2D eigenvalue weighted by molar-refractivity contribution is -0.133. The number of amides is 2. The number of carbonyl (C=O) groups is 2. The Balaban J connectivity index is 1.44. The van der Waals surface area contributed by atoms with Gasteiger partial charge < -0.3 is 15.1 Å². The van der Waals surface area contributed by atoms with E-state index in [1.165, 1.54) is 12.1 Å². The van der Waals surface area contributed by atoms with Gasteiger partial charge in [-0.25, -0.2) is 4.39 Å². The first-order valence-electron chi connectivity index (χ1n) is 9.19. The molecule has 0 unspecified atom stereocenters. The molecule has 0 aromatic heterocycles. The van der Waals surface area contributed by atoms with E-state index < -0.39 is 0 Å². The highest BCUT2D eigenvalue weighted by Crippen LogP contribution is 2.18. The molecule has 0 radical (unpaired) electrons. The van der Waals surface area contributed by atoms with Crippen molar-refractivity contribution in [1.29, 1.82) is 0 Å². The maximum Gasteiger partial charge on any atom is 0.222 e. The summed E-state index contributed by atoms with van der Waals surface area (Å²) in [5.41, 5.74) is 0.756. The van der Waals surface area contributed by atoms with Gasteiger partial charge in [-0.2, -0.15) is 0 Å². The summed E-state index contributed by atoms with van der Waals surface area (Å²) >= 11 is 0. The second-order valence-corrected chi connectivity index (χ2v) is 6.92. The van der Waals surface area contributed by atoms with Gasteiger partial charge >= 0.3 is 0 Å². The number of halogens is 1. The summed E-state index contributed by atoms with van der Waals surface area (Å²) in [6.45, 7) is 2.94. The predicted octanol–water partition coefficient (Wildman–Crippen LogP) is 2.63. The number of rotatable bonds is 6. The van der Waals surface area contributed by atoms with Crippen LogP contribution >= 0.6 is 0 Å². The summed E-state index contributed by atoms with van der Waals surface area (Å²) in [7, 11) is 0. The van der Waals surface area contributed by atoms with Gasteiger partial charge in [0, 0.05) is 50.7 Å². The molecule has 1 N–H and O–H groups in total. The number of benzene rings is 1. The van der Waals surface area contributed by atoms with Crippen LogP contribution in [0.15, 0.2) is 24.3 Å². The van der Waals surface area contributed by atoms with Gasteiger partial charge in [0.1, 0.15) is 5.82 Å². The molecular weight excluding hydrogens is 321 g/mol. The van der Waals surface area contributed by atoms with Crippen molar-refractivity contribution in [2.24, 2.45) is 0 Å². The van der Waals surface area contributed by atoms with Crippen molar-refractivity contribution in [2.45, 2.75) is 44.6 Å². The van der Waals surface area contributed by atoms with Crippen LogP contribution in [0.4, 0.5) is 10.1 Å². The van der Waals surface area contributed by atoms with Gasteiger partial charge in [0.05, 0.1) is 0 Å². The molecule has 25 heavy (non-hydrogen) atoms. The zero-order valence-electron chi connectivity index (χ0n) is 14.5. The summed E-state index contributed by atoms with van der Waals surface area (Å²) < 4.78 is 13.3. The standard InChI is InChI=1S/C19H26FN3O2/c20-15-5-1-6-16(13-15)21-17-7-2-12-23(14-17)19(25)9-4-11-22-10-3-8-18(22)24/h1,5-6,13,17,21H,2-4,7-12,14H2/t17-/m0/s1. The zero-order valence-corrected chi connectivity index (χ0v) is 14.5. The van der Waals surface area contributed by atoms with Crippen molar-refractivity contribution < 1.29 is 14.0 Å². The lowest BCUT2D eigenvalue weighted by Crippen LogP contribution is -2.45. The summed E-state index contributed by atoms with van der Waals surface area (Å²) in [4.78, 5) is 27.8. The molecule has 0 spiro atoms. The van der Waals surface area contributed by atoms with Gasteiger partial charge in [-0.05, 0) is 43.9 Å². The lowest BCUT2D eigenvalue weighted by atomic mass is 10.0. The fraction of sp³-hybridized carbons (Fsp3) is 0.579. The maximum atomic E-state index is 13.3. The van der Waals surface area contributed by atoms with E-state index in [0.29, 0.717) is 25.9 Å². The van der Waals surface area contributed by atoms with Gasteiger partial charge in [0.15, 0.2) is 0 Å². The zero-order chi connectivity index (χ0) is 17.6. The van der Waals surface area contributed by atoms with Crippen molar-refractivity contribution in [2.75, 3.05) is 31.5 Å². The van der Waals surface area contributed by atoms with E-state index in [-0.39, 0.29) is 23.7 Å². The Morgan fingerprint density at radius 3 is 2.92 bits per heavy atom. The Hall–Kier alpha value is -2.11. The van der Waals surface area contributed by atoms with Crippen LogP contribution in [0.5, 0.6) is 0 Å². The number of nitrogens with zero attached hydrogens (tertiary/aromatic N) is 2. The third kappa shape index (κ3) is 4.94. The van der Waals surface area contributed by atoms with E-state index in [2.05, 4.69) is 5.32 Å². The van der Waals surface area contributed by atoms with Crippen molar-refractivity contribution >= 4 is 17.5 Å². The molecule has 1 atom stereocenters. The fourth-order valence-electron chi connectivity index (χ4n) is 3.66. The molecule has 0 saturated carbocycles. The highest BCUT2D eigenvalue weighted by molar-refractivity contribution is 5.78. The molecule has 1 aromatic rings. The molecule has 6 heteroatoms. The molecule has 0 aliphatic carbocycles. The Kier molecular flexibility index (Phi) is 5.89. The molecule has 2 aliphatic rings. The number of anilines is 1. The molecule has 1 aromatic carbocycles. The molecule has 2 aliphatic heterocycles. The average Bonchev–Trinajstić information content (AvgIpc) is 3.00. The van der Waals surface area contributed by atoms with Crippen LogP contribution < -0.4 is 5.32 Å². The summed E-state index contributed by atoms with van der Waals surface area (Å²) in [5.74, 6) is 0.104. The molecule has 3 rings (SSSR count). The minimum atomic E-state index is -0.259. The first-order chi connectivity index (χ1) is 12.1. The second-order valence-electron chi connectivity index (χ2n) is 6.92. The quantitative estimate of drug-likeness (QED) is 0.861. The molecule has 2 saturated heterocycles. The molecule has 5 nitrogen and oxygen atoms in total. The number of likely N-dealkylation sites (tertiary alicyclic amines) is 2. The van der Waals surface area contributed by atoms with Crippen LogP contribution in [0.1, 0.15) is 38.5 Å². The van der Waals surface area contributed by atoms with E-state index in [0.717, 1.165) is 44.5 Å². The van der Waals surface area contributed by atoms with Crippen molar-refractivity contribution in [3.63, 3.8) is 0 Å². The summed E-state index contributed by atoms with van der Waals surface area (Å²) in [5, 5.41) is 3.33. The molecule has 2 amide bonds. The minimum absolute atomic E-state index is 0.150. The van der Waals surface area contributed by atoms with Gasteiger partial charge in [0.2, 0.25) is 11.8 Å². The summed E-state index contributed by atoms with van der Waals surface area (Å²) in [6, 6.07) is 6.58. The number of piperidine rings is 1. The molecule has 2 heterocycles. The number of hydrogen-bond donors (Lipinski definition) is 1. The van der Waals surface area contributed by atoms with Gasteiger partial charge in [-0.3, -0.25) is 9.59 Å². The van der Waals surface area contributed by atoms with Crippen LogP contribution in [-0.2, 0) is 9.59 Å². The largest absolute Gasteiger partial charge is 0.380 e. The second kappa shape index (κ2) is 8.32. The third-order valence-corrected chi connectivity index (χ3v) is 4.96. The van der Waals surface area contributed by atoms with Crippen LogP contribution in [0, 0.1) is 5.82 Å². The first kappa shape index (κ1) is 17.7. The molecule has 2 fully saturated rings. The number of nitrogens with one attached hydrogen (secondary N) is 1. The molecular formula is C19H26FN3O2. The highest BCUT2D eigenvalue weighted by Gasteiger charge is 2.24. The Labute approximate surface area is 148 Å². The van der Waals surface area contributed by atoms with Crippen LogP contribution in [0.3, 0.4) is 0 Å². The van der Waals surface area contributed by atoms with Crippen LogP contribution in [-0.4, -0.2) is 53.8 Å². The SMILES string of the molecule is O=C1CCCN1CCCC(=O)N1CCC[C@H](Nc2cccc(F)c2)C1.